The van der Waals surface area contributed by atoms with E-state index >= 15 is 0 Å². The summed E-state index contributed by atoms with van der Waals surface area (Å²) in [5.74, 6) is 0.106. The van der Waals surface area contributed by atoms with Crippen molar-refractivity contribution in [3.63, 3.8) is 0 Å². The van der Waals surface area contributed by atoms with Crippen LogP contribution < -0.4 is 15.0 Å². The number of rotatable bonds is 7. The minimum absolute atomic E-state index is 0.257. The Morgan fingerprint density at radius 2 is 1.89 bits per heavy atom. The smallest absolute Gasteiger partial charge is 0.298 e. The molecule has 0 saturated carbocycles. The topological polar surface area (TPSA) is 118 Å². The van der Waals surface area contributed by atoms with Crippen LogP contribution in [0.2, 0.25) is 0 Å². The number of fused-ring (bicyclic) bond motifs is 1. The largest absolute Gasteiger partial charge is 0.487 e. The van der Waals surface area contributed by atoms with Gasteiger partial charge in [-0.25, -0.2) is 4.98 Å². The maximum Gasteiger partial charge on any atom is 0.298 e. The van der Waals surface area contributed by atoms with E-state index in [1.54, 1.807) is 36.5 Å². The first-order chi connectivity index (χ1) is 18.2. The van der Waals surface area contributed by atoms with Crippen LogP contribution in [0.4, 0.5) is 11.7 Å². The summed E-state index contributed by atoms with van der Waals surface area (Å²) in [4.78, 5) is 24.4. The van der Waals surface area contributed by atoms with Gasteiger partial charge in [-0.05, 0) is 23.8 Å². The molecule has 186 valence electrons. The van der Waals surface area contributed by atoms with E-state index in [9.17, 15) is 4.79 Å². The van der Waals surface area contributed by atoms with E-state index in [0.717, 1.165) is 11.3 Å². The van der Waals surface area contributed by atoms with Crippen molar-refractivity contribution in [1.82, 2.24) is 20.2 Å². The molecule has 1 aliphatic heterocycles. The first-order valence-corrected chi connectivity index (χ1v) is 11.9. The van der Waals surface area contributed by atoms with E-state index in [-0.39, 0.29) is 11.6 Å². The number of aromatic amines is 1. The molecule has 1 fully saturated rings. The summed E-state index contributed by atoms with van der Waals surface area (Å²) in [5.41, 5.74) is 4.25. The Labute approximate surface area is 212 Å². The maximum atomic E-state index is 13.2. The van der Waals surface area contributed by atoms with Crippen LogP contribution in [0.25, 0.3) is 22.5 Å². The monoisotopic (exact) mass is 496 g/mol. The number of nitrogens with one attached hydrogen (secondary N) is 2. The fourth-order valence-electron chi connectivity index (χ4n) is 4.08. The van der Waals surface area contributed by atoms with Crippen molar-refractivity contribution in [2.75, 3.05) is 36.5 Å². The number of H-pyrrole nitrogens is 1. The molecule has 1 saturated heterocycles. The van der Waals surface area contributed by atoms with Crippen LogP contribution in [0.1, 0.15) is 16.1 Å². The number of amides is 1. The van der Waals surface area contributed by atoms with Crippen LogP contribution in [0.15, 0.2) is 77.3 Å². The number of aromatic nitrogens is 4. The number of carbonyl (C=O) groups is 1. The number of benzene rings is 2. The summed E-state index contributed by atoms with van der Waals surface area (Å²) in [5, 5.41) is 9.76. The Kier molecular flexibility index (Phi) is 6.22. The Balaban J connectivity index is 1.31. The average Bonchev–Trinajstić information content (AvgIpc) is 3.63. The first-order valence-electron chi connectivity index (χ1n) is 11.9. The van der Waals surface area contributed by atoms with Crippen LogP contribution in [-0.2, 0) is 11.3 Å². The summed E-state index contributed by atoms with van der Waals surface area (Å²) in [7, 11) is 0. The number of carbonyl (C=O) groups excluding carboxylic acids is 1. The van der Waals surface area contributed by atoms with Crippen LogP contribution >= 0.6 is 0 Å². The Hall–Kier alpha value is -4.70. The van der Waals surface area contributed by atoms with Gasteiger partial charge in [-0.3, -0.25) is 9.89 Å². The van der Waals surface area contributed by atoms with Gasteiger partial charge in [-0.2, -0.15) is 10.1 Å². The number of hydrogen-bond acceptors (Lipinski definition) is 8. The number of hydrogen-bond donors (Lipinski definition) is 2. The lowest BCUT2D eigenvalue weighted by atomic mass is 10.2. The Morgan fingerprint density at radius 1 is 1.03 bits per heavy atom. The first kappa shape index (κ1) is 22.7. The second-order valence-corrected chi connectivity index (χ2v) is 8.52. The van der Waals surface area contributed by atoms with Gasteiger partial charge in [0.1, 0.15) is 23.6 Å². The summed E-state index contributed by atoms with van der Waals surface area (Å²) in [6.07, 6.45) is 1.64. The number of oxazole rings is 1. The lowest BCUT2D eigenvalue weighted by Crippen LogP contribution is -2.36. The zero-order chi connectivity index (χ0) is 25.0. The third-order valence-electron chi connectivity index (χ3n) is 6.00. The fourth-order valence-corrected chi connectivity index (χ4v) is 4.08. The molecule has 2 aromatic carbocycles. The standard InChI is InChI=1S/C27H24N6O4/c34-26(21-8-4-7-19(29-21)20-9-10-28-32-20)30-22-16-25-23(31-27(37-25)33-11-13-35-14-12-33)15-24(22)36-17-18-5-2-1-3-6-18/h1-10,15-16H,11-14,17H2,(H,28,32)(H,30,34). The molecule has 0 radical (unpaired) electrons. The van der Waals surface area contributed by atoms with Crippen LogP contribution in [0.5, 0.6) is 5.75 Å². The van der Waals surface area contributed by atoms with E-state index < -0.39 is 0 Å². The Morgan fingerprint density at radius 3 is 2.70 bits per heavy atom. The molecule has 0 spiro atoms. The number of ether oxygens (including phenoxy) is 2. The molecular weight excluding hydrogens is 472 g/mol. The van der Waals surface area contributed by atoms with Crippen molar-refractivity contribution in [1.29, 1.82) is 0 Å². The third-order valence-corrected chi connectivity index (χ3v) is 6.00. The molecule has 0 unspecified atom stereocenters. The number of nitrogens with zero attached hydrogens (tertiary/aromatic N) is 4. The number of pyridine rings is 1. The van der Waals surface area contributed by atoms with Gasteiger partial charge >= 0.3 is 0 Å². The maximum absolute atomic E-state index is 13.2. The van der Waals surface area contributed by atoms with Crippen LogP contribution in [0, 0.1) is 0 Å². The predicted octanol–water partition coefficient (Wildman–Crippen LogP) is 4.28. The molecule has 10 nitrogen and oxygen atoms in total. The van der Waals surface area contributed by atoms with Gasteiger partial charge in [-0.1, -0.05) is 36.4 Å². The molecule has 10 heteroatoms. The van der Waals surface area contributed by atoms with Gasteiger partial charge < -0.3 is 24.1 Å². The van der Waals surface area contributed by atoms with Gasteiger partial charge in [0.05, 0.1) is 30.3 Å². The minimum Gasteiger partial charge on any atom is -0.487 e. The summed E-state index contributed by atoms with van der Waals surface area (Å²) in [6.45, 7) is 2.97. The van der Waals surface area contributed by atoms with Gasteiger partial charge in [0.2, 0.25) is 0 Å². The van der Waals surface area contributed by atoms with Gasteiger partial charge in [0, 0.05) is 31.4 Å². The van der Waals surface area contributed by atoms with Crippen molar-refractivity contribution < 1.29 is 18.7 Å². The van der Waals surface area contributed by atoms with Gasteiger partial charge in [-0.15, -0.1) is 0 Å². The number of morpholine rings is 1. The van der Waals surface area contributed by atoms with Crippen molar-refractivity contribution in [2.24, 2.45) is 0 Å². The Bertz CT molecular complexity index is 1510. The minimum atomic E-state index is -0.377. The lowest BCUT2D eigenvalue weighted by Gasteiger charge is -2.24. The van der Waals surface area contributed by atoms with Crippen LogP contribution in [-0.4, -0.2) is 52.4 Å². The van der Waals surface area contributed by atoms with Gasteiger partial charge in [0.15, 0.2) is 5.58 Å². The fraction of sp³-hybridized carbons (Fsp3) is 0.185. The van der Waals surface area contributed by atoms with E-state index in [4.69, 9.17) is 13.9 Å². The predicted molar refractivity (Wildman–Crippen MR) is 138 cm³/mol. The normalized spacial score (nSPS) is 13.6. The molecular formula is C27H24N6O4. The van der Waals surface area contributed by atoms with E-state index in [0.29, 0.717) is 67.2 Å². The second-order valence-electron chi connectivity index (χ2n) is 8.52. The molecule has 1 aliphatic rings. The highest BCUT2D eigenvalue weighted by molar-refractivity contribution is 6.05. The summed E-state index contributed by atoms with van der Waals surface area (Å²) in [6, 6.07) is 20.9. The molecule has 37 heavy (non-hydrogen) atoms. The zero-order valence-corrected chi connectivity index (χ0v) is 19.9. The number of anilines is 2. The van der Waals surface area contributed by atoms with E-state index in [1.165, 1.54) is 0 Å². The molecule has 2 N–H and O–H groups in total. The molecule has 1 amide bonds. The van der Waals surface area contributed by atoms with Crippen molar-refractivity contribution in [2.45, 2.75) is 6.61 Å². The highest BCUT2D eigenvalue weighted by Crippen LogP contribution is 2.34. The molecule has 6 rings (SSSR count). The van der Waals surface area contributed by atoms with Crippen molar-refractivity contribution in [3.8, 4) is 17.1 Å². The van der Waals surface area contributed by atoms with E-state index in [1.807, 2.05) is 41.3 Å². The van der Waals surface area contributed by atoms with Crippen molar-refractivity contribution >= 4 is 28.7 Å². The van der Waals surface area contributed by atoms with Crippen LogP contribution in [0.3, 0.4) is 0 Å². The second kappa shape index (κ2) is 10.1. The van der Waals surface area contributed by atoms with Gasteiger partial charge in [0.25, 0.3) is 11.9 Å². The molecule has 4 heterocycles. The summed E-state index contributed by atoms with van der Waals surface area (Å²) < 4.78 is 17.6. The lowest BCUT2D eigenvalue weighted by molar-refractivity contribution is 0.102. The summed E-state index contributed by atoms with van der Waals surface area (Å²) >= 11 is 0. The molecule has 0 atom stereocenters. The molecule has 5 aromatic rings. The van der Waals surface area contributed by atoms with E-state index in [2.05, 4.69) is 25.5 Å². The zero-order valence-electron chi connectivity index (χ0n) is 19.9. The highest BCUT2D eigenvalue weighted by atomic mass is 16.5. The molecule has 3 aromatic heterocycles. The SMILES string of the molecule is O=C(Nc1cc2oc(N3CCOCC3)nc2cc1OCc1ccccc1)c1cccc(-c2ccn[nH]2)n1. The average molecular weight is 497 g/mol. The molecule has 0 aliphatic carbocycles. The highest BCUT2D eigenvalue weighted by Gasteiger charge is 2.20. The molecule has 0 bridgehead atoms. The van der Waals surface area contributed by atoms with Crippen molar-refractivity contribution in [3.05, 3.63) is 84.2 Å². The quantitative estimate of drug-likeness (QED) is 0.343. The third kappa shape index (κ3) is 5.00.